The molecule has 1 aliphatic rings. The fourth-order valence-corrected chi connectivity index (χ4v) is 4.26. The van der Waals surface area contributed by atoms with Crippen molar-refractivity contribution in [2.24, 2.45) is 5.92 Å². The van der Waals surface area contributed by atoms with Crippen molar-refractivity contribution in [1.82, 2.24) is 15.5 Å². The van der Waals surface area contributed by atoms with Gasteiger partial charge in [0.2, 0.25) is 0 Å². The number of carbonyl (C=O) groups is 1. The third-order valence-corrected chi connectivity index (χ3v) is 5.30. The highest BCUT2D eigenvalue weighted by atomic mass is 32.2. The summed E-state index contributed by atoms with van der Waals surface area (Å²) in [6.45, 7) is 5.87. The fourth-order valence-electron chi connectivity index (χ4n) is 2.18. The Morgan fingerprint density at radius 1 is 1.58 bits per heavy atom. The molecule has 0 saturated heterocycles. The number of thioether (sulfide) groups is 1. The maximum Gasteiger partial charge on any atom is 0.325 e. The minimum atomic E-state index is -0.835. The zero-order valence-electron chi connectivity index (χ0n) is 11.3. The Morgan fingerprint density at radius 3 is 2.68 bits per heavy atom. The molecule has 1 aromatic rings. The van der Waals surface area contributed by atoms with Gasteiger partial charge in [0.1, 0.15) is 10.5 Å². The molecule has 1 fully saturated rings. The van der Waals surface area contributed by atoms with Crippen LogP contribution in [0.3, 0.4) is 0 Å². The summed E-state index contributed by atoms with van der Waals surface area (Å²) in [7, 11) is 0. The first-order valence-electron chi connectivity index (χ1n) is 6.38. The number of aliphatic carboxylic acids is 1. The van der Waals surface area contributed by atoms with Crippen molar-refractivity contribution < 1.29 is 9.90 Å². The number of aromatic nitrogens is 2. The number of nitrogens with one attached hydrogen (secondary N) is 1. The van der Waals surface area contributed by atoms with Crippen LogP contribution in [0.25, 0.3) is 0 Å². The molecule has 0 amide bonds. The van der Waals surface area contributed by atoms with Gasteiger partial charge < -0.3 is 5.11 Å². The lowest BCUT2D eigenvalue weighted by atomic mass is 9.94. The molecule has 0 radical (unpaired) electrons. The molecular formula is C12H19N3O2S2. The van der Waals surface area contributed by atoms with Crippen LogP contribution in [0.15, 0.2) is 4.34 Å². The topological polar surface area (TPSA) is 75.1 Å². The second-order valence-corrected chi connectivity index (χ2v) is 7.63. The van der Waals surface area contributed by atoms with E-state index in [-0.39, 0.29) is 12.0 Å². The third-order valence-electron chi connectivity index (χ3n) is 3.13. The maximum atomic E-state index is 11.8. The smallest absolute Gasteiger partial charge is 0.325 e. The summed E-state index contributed by atoms with van der Waals surface area (Å²) in [5.74, 6) is -0.0221. The highest BCUT2D eigenvalue weighted by molar-refractivity contribution is 8.01. The molecule has 0 spiro atoms. The first-order chi connectivity index (χ1) is 8.94. The van der Waals surface area contributed by atoms with Crippen LogP contribution < -0.4 is 5.32 Å². The lowest BCUT2D eigenvalue weighted by Gasteiger charge is -2.32. The molecule has 1 atom stereocenters. The lowest BCUT2D eigenvalue weighted by molar-refractivity contribution is -0.145. The number of carboxylic acid groups (broad SMARTS) is 1. The van der Waals surface area contributed by atoms with Crippen LogP contribution in [0.1, 0.15) is 31.7 Å². The Bertz CT molecular complexity index is 460. The van der Waals surface area contributed by atoms with Gasteiger partial charge in [-0.1, -0.05) is 23.1 Å². The van der Waals surface area contributed by atoms with Gasteiger partial charge in [-0.2, -0.15) is 0 Å². The molecule has 0 aromatic carbocycles. The molecule has 1 unspecified atom stereocenters. The van der Waals surface area contributed by atoms with Crippen LogP contribution >= 0.6 is 23.1 Å². The number of carboxylic acids is 1. The van der Waals surface area contributed by atoms with Crippen molar-refractivity contribution in [3.8, 4) is 0 Å². The van der Waals surface area contributed by atoms with Gasteiger partial charge in [-0.3, -0.25) is 10.1 Å². The Balaban J connectivity index is 2.10. The van der Waals surface area contributed by atoms with Crippen molar-refractivity contribution in [3.63, 3.8) is 0 Å². The van der Waals surface area contributed by atoms with Gasteiger partial charge in [-0.15, -0.1) is 10.2 Å². The summed E-state index contributed by atoms with van der Waals surface area (Å²) in [4.78, 5) is 11.8. The van der Waals surface area contributed by atoms with E-state index in [9.17, 15) is 9.90 Å². The Hall–Kier alpha value is -0.660. The van der Waals surface area contributed by atoms with Crippen LogP contribution in [0.4, 0.5) is 0 Å². The van der Waals surface area contributed by atoms with Crippen LogP contribution in [0, 0.1) is 12.8 Å². The quantitative estimate of drug-likeness (QED) is 0.752. The van der Waals surface area contributed by atoms with E-state index in [4.69, 9.17) is 0 Å². The van der Waals surface area contributed by atoms with Crippen LogP contribution in [-0.2, 0) is 4.79 Å². The summed E-state index contributed by atoms with van der Waals surface area (Å²) in [5, 5.41) is 21.8. The average molecular weight is 301 g/mol. The summed E-state index contributed by atoms with van der Waals surface area (Å²) in [6, 6.07) is 0.147. The van der Waals surface area contributed by atoms with Crippen LogP contribution in [0.5, 0.6) is 0 Å². The average Bonchev–Trinajstić information content (AvgIpc) is 3.08. The van der Waals surface area contributed by atoms with E-state index in [0.717, 1.165) is 22.2 Å². The number of nitrogens with zero attached hydrogens (tertiary/aromatic N) is 2. The van der Waals surface area contributed by atoms with E-state index in [1.807, 2.05) is 20.8 Å². The van der Waals surface area contributed by atoms with Crippen molar-refractivity contribution in [2.75, 3.05) is 5.75 Å². The fraction of sp³-hybridized carbons (Fsp3) is 0.750. The highest BCUT2D eigenvalue weighted by Crippen LogP contribution is 2.43. The zero-order chi connectivity index (χ0) is 14.0. The molecule has 0 bridgehead atoms. The lowest BCUT2D eigenvalue weighted by Crippen LogP contribution is -2.58. The Labute approximate surface area is 121 Å². The predicted molar refractivity (Wildman–Crippen MR) is 76.7 cm³/mol. The summed E-state index contributed by atoms with van der Waals surface area (Å²) >= 11 is 3.00. The van der Waals surface area contributed by atoms with Crippen molar-refractivity contribution in [1.29, 1.82) is 0 Å². The monoisotopic (exact) mass is 301 g/mol. The van der Waals surface area contributed by atoms with Gasteiger partial charge in [0.05, 0.1) is 0 Å². The minimum absolute atomic E-state index is 0.147. The SMILES string of the molecule is Cc1nnc(SCC(NC(C)C)(C(=O)O)C2CC2)s1. The van der Waals surface area contributed by atoms with Crippen molar-refractivity contribution in [3.05, 3.63) is 5.01 Å². The van der Waals surface area contributed by atoms with Crippen LogP contribution in [0.2, 0.25) is 0 Å². The summed E-state index contributed by atoms with van der Waals surface area (Å²) in [6.07, 6.45) is 1.98. The Morgan fingerprint density at radius 2 is 2.26 bits per heavy atom. The molecule has 0 aliphatic heterocycles. The van der Waals surface area contributed by atoms with Crippen LogP contribution in [-0.4, -0.2) is 38.6 Å². The molecule has 106 valence electrons. The van der Waals surface area contributed by atoms with Gasteiger partial charge in [-0.05, 0) is 39.5 Å². The molecule has 19 heavy (non-hydrogen) atoms. The molecule has 1 aliphatic carbocycles. The van der Waals surface area contributed by atoms with Gasteiger partial charge in [-0.25, -0.2) is 0 Å². The van der Waals surface area contributed by atoms with E-state index >= 15 is 0 Å². The van der Waals surface area contributed by atoms with Gasteiger partial charge in [0, 0.05) is 11.8 Å². The second-order valence-electron chi connectivity index (χ2n) is 5.23. The van der Waals surface area contributed by atoms with E-state index < -0.39 is 11.5 Å². The first-order valence-corrected chi connectivity index (χ1v) is 8.18. The zero-order valence-corrected chi connectivity index (χ0v) is 13.0. The van der Waals surface area contributed by atoms with E-state index in [1.54, 1.807) is 0 Å². The van der Waals surface area contributed by atoms with E-state index in [2.05, 4.69) is 15.5 Å². The second kappa shape index (κ2) is 5.76. The van der Waals surface area contributed by atoms with Crippen molar-refractivity contribution >= 4 is 29.1 Å². The minimum Gasteiger partial charge on any atom is -0.480 e. The Kier molecular flexibility index (Phi) is 4.47. The van der Waals surface area contributed by atoms with E-state index in [1.165, 1.54) is 23.1 Å². The standard InChI is InChI=1S/C12H19N3O2S2/c1-7(2)13-12(10(16)17,9-4-5-9)6-18-11-15-14-8(3)19-11/h7,9,13H,4-6H2,1-3H3,(H,16,17). The van der Waals surface area contributed by atoms with Crippen molar-refractivity contribution in [2.45, 2.75) is 49.5 Å². The van der Waals surface area contributed by atoms with E-state index in [0.29, 0.717) is 5.75 Å². The largest absolute Gasteiger partial charge is 0.480 e. The summed E-state index contributed by atoms with van der Waals surface area (Å²) < 4.78 is 0.842. The van der Waals surface area contributed by atoms with Gasteiger partial charge in [0.15, 0.2) is 4.34 Å². The highest BCUT2D eigenvalue weighted by Gasteiger charge is 2.51. The molecule has 2 rings (SSSR count). The molecule has 7 heteroatoms. The number of hydrogen-bond donors (Lipinski definition) is 2. The third kappa shape index (κ3) is 3.46. The molecule has 1 aromatic heterocycles. The maximum absolute atomic E-state index is 11.8. The molecule has 1 saturated carbocycles. The van der Waals surface area contributed by atoms with Gasteiger partial charge >= 0.3 is 5.97 Å². The number of aryl methyl sites for hydroxylation is 1. The predicted octanol–water partition coefficient (Wildman–Crippen LogP) is 2.17. The molecule has 2 N–H and O–H groups in total. The number of hydrogen-bond acceptors (Lipinski definition) is 6. The molecular weight excluding hydrogens is 282 g/mol. The first kappa shape index (κ1) is 14.7. The van der Waals surface area contributed by atoms with Gasteiger partial charge in [0.25, 0.3) is 0 Å². The number of rotatable bonds is 7. The summed E-state index contributed by atoms with van der Waals surface area (Å²) in [5.41, 5.74) is -0.835. The normalized spacial score (nSPS) is 18.5. The molecule has 1 heterocycles. The molecule has 5 nitrogen and oxygen atoms in total.